The summed E-state index contributed by atoms with van der Waals surface area (Å²) in [6, 6.07) is 27.6. The summed E-state index contributed by atoms with van der Waals surface area (Å²) in [5.74, 6) is -2.19. The van der Waals surface area contributed by atoms with Gasteiger partial charge in [-0.1, -0.05) is 83.9 Å². The van der Waals surface area contributed by atoms with Crippen molar-refractivity contribution in [2.75, 3.05) is 17.7 Å². The van der Waals surface area contributed by atoms with Gasteiger partial charge in [-0.05, 0) is 47.5 Å². The molecule has 0 aliphatic carbocycles. The van der Waals surface area contributed by atoms with E-state index in [1.54, 1.807) is 12.1 Å². The fourth-order valence-corrected chi connectivity index (χ4v) is 4.19. The SMILES string of the molecule is COC(=O)c1ccc(C(=O)Nc2cc(Cl)ccc2Cl)cc1NC(=O)C(c1ccccc1)c1ccccc1. The Bertz CT molecular complexity index is 1400. The van der Waals surface area contributed by atoms with Gasteiger partial charge in [0.1, 0.15) is 0 Å². The van der Waals surface area contributed by atoms with Crippen LogP contribution in [0.4, 0.5) is 11.4 Å². The summed E-state index contributed by atoms with van der Waals surface area (Å²) in [7, 11) is 1.24. The molecule has 0 atom stereocenters. The zero-order chi connectivity index (χ0) is 26.4. The van der Waals surface area contributed by atoms with Crippen molar-refractivity contribution in [3.63, 3.8) is 0 Å². The number of esters is 1. The molecule has 6 nitrogen and oxygen atoms in total. The summed E-state index contributed by atoms with van der Waals surface area (Å²) in [6.07, 6.45) is 0. The fraction of sp³-hybridized carbons (Fsp3) is 0.0690. The van der Waals surface area contributed by atoms with Crippen LogP contribution >= 0.6 is 23.2 Å². The maximum Gasteiger partial charge on any atom is 0.339 e. The van der Waals surface area contributed by atoms with Gasteiger partial charge in [0.05, 0.1) is 35.0 Å². The summed E-state index contributed by atoms with van der Waals surface area (Å²) in [5.41, 5.74) is 2.31. The Morgan fingerprint density at radius 2 is 1.35 bits per heavy atom. The highest BCUT2D eigenvalue weighted by Crippen LogP contribution is 2.29. The van der Waals surface area contributed by atoms with Gasteiger partial charge in [-0.15, -0.1) is 0 Å². The smallest absolute Gasteiger partial charge is 0.339 e. The zero-order valence-electron chi connectivity index (χ0n) is 19.7. The van der Waals surface area contributed by atoms with E-state index in [2.05, 4.69) is 10.6 Å². The van der Waals surface area contributed by atoms with Crippen LogP contribution in [0.15, 0.2) is 97.1 Å². The molecule has 0 unspecified atom stereocenters. The molecule has 0 aromatic heterocycles. The average Bonchev–Trinajstić information content (AvgIpc) is 2.91. The minimum atomic E-state index is -0.657. The Morgan fingerprint density at radius 1 is 0.730 bits per heavy atom. The van der Waals surface area contributed by atoms with Gasteiger partial charge in [0.15, 0.2) is 0 Å². The van der Waals surface area contributed by atoms with Gasteiger partial charge in [-0.2, -0.15) is 0 Å². The quantitative estimate of drug-likeness (QED) is 0.256. The molecular formula is C29H22Cl2N2O4. The van der Waals surface area contributed by atoms with E-state index in [1.807, 2.05) is 60.7 Å². The maximum absolute atomic E-state index is 13.6. The molecule has 4 aromatic carbocycles. The van der Waals surface area contributed by atoms with Crippen molar-refractivity contribution >= 4 is 52.4 Å². The lowest BCUT2D eigenvalue weighted by Gasteiger charge is -2.19. The largest absolute Gasteiger partial charge is 0.465 e. The second kappa shape index (κ2) is 11.7. The predicted molar refractivity (Wildman–Crippen MR) is 146 cm³/mol. The lowest BCUT2D eigenvalue weighted by Crippen LogP contribution is -2.24. The van der Waals surface area contributed by atoms with Crippen LogP contribution in [0.1, 0.15) is 37.8 Å². The van der Waals surface area contributed by atoms with Crippen LogP contribution in [0.25, 0.3) is 0 Å². The highest BCUT2D eigenvalue weighted by molar-refractivity contribution is 6.36. The first-order chi connectivity index (χ1) is 17.9. The van der Waals surface area contributed by atoms with E-state index in [1.165, 1.54) is 31.4 Å². The number of anilines is 2. The highest BCUT2D eigenvalue weighted by Gasteiger charge is 2.25. The van der Waals surface area contributed by atoms with E-state index >= 15 is 0 Å². The van der Waals surface area contributed by atoms with Crippen molar-refractivity contribution in [3.05, 3.63) is 129 Å². The lowest BCUT2D eigenvalue weighted by atomic mass is 9.90. The van der Waals surface area contributed by atoms with Crippen molar-refractivity contribution in [1.29, 1.82) is 0 Å². The maximum atomic E-state index is 13.6. The summed E-state index contributed by atoms with van der Waals surface area (Å²) in [6.45, 7) is 0. The van der Waals surface area contributed by atoms with E-state index in [4.69, 9.17) is 27.9 Å². The molecule has 8 heteroatoms. The van der Waals surface area contributed by atoms with Crippen LogP contribution in [0.5, 0.6) is 0 Å². The molecule has 0 saturated heterocycles. The minimum Gasteiger partial charge on any atom is -0.465 e. The zero-order valence-corrected chi connectivity index (χ0v) is 21.2. The Balaban J connectivity index is 1.69. The van der Waals surface area contributed by atoms with Gasteiger partial charge in [0.2, 0.25) is 5.91 Å². The number of hydrogen-bond acceptors (Lipinski definition) is 4. The van der Waals surface area contributed by atoms with E-state index in [0.717, 1.165) is 11.1 Å². The van der Waals surface area contributed by atoms with Crippen LogP contribution in [0.2, 0.25) is 10.0 Å². The molecule has 0 bridgehead atoms. The Kier molecular flexibility index (Phi) is 8.23. The number of benzene rings is 4. The number of halogens is 2. The summed E-state index contributed by atoms with van der Waals surface area (Å²) < 4.78 is 4.89. The molecule has 2 N–H and O–H groups in total. The number of carbonyl (C=O) groups is 3. The molecule has 0 saturated carbocycles. The van der Waals surface area contributed by atoms with Gasteiger partial charge in [0.25, 0.3) is 5.91 Å². The van der Waals surface area contributed by atoms with Gasteiger partial charge in [-0.25, -0.2) is 4.79 Å². The lowest BCUT2D eigenvalue weighted by molar-refractivity contribution is -0.116. The van der Waals surface area contributed by atoms with Crippen LogP contribution in [0.3, 0.4) is 0 Å². The van der Waals surface area contributed by atoms with E-state index in [9.17, 15) is 14.4 Å². The number of hydrogen-bond donors (Lipinski definition) is 2. The number of carbonyl (C=O) groups excluding carboxylic acids is 3. The van der Waals surface area contributed by atoms with Crippen LogP contribution in [0, 0.1) is 0 Å². The van der Waals surface area contributed by atoms with E-state index in [-0.39, 0.29) is 22.7 Å². The number of rotatable bonds is 7. The number of nitrogens with one attached hydrogen (secondary N) is 2. The van der Waals surface area contributed by atoms with Gasteiger partial charge >= 0.3 is 5.97 Å². The monoisotopic (exact) mass is 532 g/mol. The van der Waals surface area contributed by atoms with Gasteiger partial charge in [-0.3, -0.25) is 9.59 Å². The number of ether oxygens (including phenoxy) is 1. The van der Waals surface area contributed by atoms with Crippen LogP contribution in [-0.2, 0) is 9.53 Å². The second-order valence-electron chi connectivity index (χ2n) is 8.07. The molecule has 37 heavy (non-hydrogen) atoms. The third kappa shape index (κ3) is 6.17. The topological polar surface area (TPSA) is 84.5 Å². The average molecular weight is 533 g/mol. The molecule has 0 aliphatic heterocycles. The molecule has 0 spiro atoms. The molecule has 0 fully saturated rings. The Hall–Kier alpha value is -4.13. The van der Waals surface area contributed by atoms with Crippen molar-refractivity contribution in [3.8, 4) is 0 Å². The highest BCUT2D eigenvalue weighted by atomic mass is 35.5. The van der Waals surface area contributed by atoms with Crippen LogP contribution in [-0.4, -0.2) is 24.9 Å². The molecule has 186 valence electrons. The van der Waals surface area contributed by atoms with E-state index in [0.29, 0.717) is 15.7 Å². The van der Waals surface area contributed by atoms with Crippen molar-refractivity contribution in [2.45, 2.75) is 5.92 Å². The van der Waals surface area contributed by atoms with Crippen molar-refractivity contribution in [2.24, 2.45) is 0 Å². The first-order valence-corrected chi connectivity index (χ1v) is 12.0. The summed E-state index contributed by atoms with van der Waals surface area (Å²) >= 11 is 12.2. The first-order valence-electron chi connectivity index (χ1n) is 11.3. The Labute approximate surface area is 224 Å². The van der Waals surface area contributed by atoms with Gasteiger partial charge < -0.3 is 15.4 Å². The molecule has 2 amide bonds. The number of amides is 2. The summed E-state index contributed by atoms with van der Waals surface area (Å²) in [5, 5.41) is 6.25. The third-order valence-corrected chi connectivity index (χ3v) is 6.21. The molecule has 0 aliphatic rings. The molecular weight excluding hydrogens is 511 g/mol. The van der Waals surface area contributed by atoms with Crippen LogP contribution < -0.4 is 10.6 Å². The second-order valence-corrected chi connectivity index (χ2v) is 8.92. The predicted octanol–water partition coefficient (Wildman–Crippen LogP) is 6.80. The molecule has 0 radical (unpaired) electrons. The first kappa shape index (κ1) is 25.9. The van der Waals surface area contributed by atoms with Crippen molar-refractivity contribution in [1.82, 2.24) is 0 Å². The van der Waals surface area contributed by atoms with E-state index < -0.39 is 17.8 Å². The summed E-state index contributed by atoms with van der Waals surface area (Å²) in [4.78, 5) is 39.1. The molecule has 4 aromatic rings. The Morgan fingerprint density at radius 3 is 1.95 bits per heavy atom. The number of methoxy groups -OCH3 is 1. The van der Waals surface area contributed by atoms with Crippen molar-refractivity contribution < 1.29 is 19.1 Å². The minimum absolute atomic E-state index is 0.105. The fourth-order valence-electron chi connectivity index (χ4n) is 3.86. The normalized spacial score (nSPS) is 10.6. The van der Waals surface area contributed by atoms with Gasteiger partial charge in [0, 0.05) is 10.6 Å². The standard InChI is InChI=1S/C29H22Cl2N2O4/c1-37-29(36)22-14-12-20(27(34)33-25-17-21(30)13-15-23(25)31)16-24(22)32-28(35)26(18-8-4-2-5-9-18)19-10-6-3-7-11-19/h2-17,26H,1H3,(H,32,35)(H,33,34). The molecule has 0 heterocycles. The third-order valence-electron chi connectivity index (χ3n) is 5.65. The molecule has 4 rings (SSSR count).